The van der Waals surface area contributed by atoms with Crippen molar-refractivity contribution in [3.8, 4) is 11.5 Å². The number of nitrogens with one attached hydrogen (secondary N) is 1. The van der Waals surface area contributed by atoms with E-state index in [0.717, 1.165) is 29.5 Å². The summed E-state index contributed by atoms with van der Waals surface area (Å²) in [5.74, 6) is 0.355. The van der Waals surface area contributed by atoms with Crippen LogP contribution in [0.25, 0.3) is 10.9 Å². The first-order valence-electron chi connectivity index (χ1n) is 12.1. The first-order chi connectivity index (χ1) is 19.4. The van der Waals surface area contributed by atoms with Crippen molar-refractivity contribution >= 4 is 66.1 Å². The second-order valence-corrected chi connectivity index (χ2v) is 11.6. The summed E-state index contributed by atoms with van der Waals surface area (Å²) in [4.78, 5) is 31.2. The molecule has 0 spiro atoms. The average Bonchev–Trinajstić information content (AvgIpc) is 2.92. The summed E-state index contributed by atoms with van der Waals surface area (Å²) in [6, 6.07) is 11.6. The van der Waals surface area contributed by atoms with Crippen LogP contribution < -0.4 is 20.3 Å². The van der Waals surface area contributed by atoms with Crippen molar-refractivity contribution in [3.63, 3.8) is 0 Å². The van der Waals surface area contributed by atoms with E-state index in [2.05, 4.69) is 42.2 Å². The fourth-order valence-corrected chi connectivity index (χ4v) is 6.50. The second-order valence-electron chi connectivity index (χ2n) is 8.96. The molecule has 7 nitrogen and oxygen atoms in total. The highest BCUT2D eigenvalue weighted by Gasteiger charge is 2.30. The molecule has 1 heterocycles. The molecule has 216 valence electrons. The van der Waals surface area contributed by atoms with Gasteiger partial charge in [0.2, 0.25) is 5.91 Å². The smallest absolute Gasteiger partial charge is 0.416 e. The van der Waals surface area contributed by atoms with E-state index in [4.69, 9.17) is 9.47 Å². The van der Waals surface area contributed by atoms with E-state index in [1.54, 1.807) is 6.07 Å². The molecule has 0 bridgehead atoms. The standard InChI is InChI=1S/C28H24Br2F3N3O4S/c1-15-10-19(29)25(20(30)11-15)35-24(37)14-41-27-34-21-13-23(40-3)22(39-2)12-18(21)26(38)36(27)9-8-16-4-6-17(7-5-16)28(31,32)33/h4-7,10-13H,8-9,14H2,1-3H3,(H,35,37). The van der Waals surface area contributed by atoms with Gasteiger partial charge in [0.25, 0.3) is 5.56 Å². The van der Waals surface area contributed by atoms with Crippen molar-refractivity contribution in [1.29, 1.82) is 0 Å². The summed E-state index contributed by atoms with van der Waals surface area (Å²) in [5.41, 5.74) is 1.41. The number of rotatable bonds is 9. The minimum Gasteiger partial charge on any atom is -0.493 e. The maximum atomic E-state index is 13.6. The fourth-order valence-electron chi connectivity index (χ4n) is 4.06. The number of nitrogens with zero attached hydrogens (tertiary/aromatic N) is 2. The van der Waals surface area contributed by atoms with Gasteiger partial charge in [0, 0.05) is 21.6 Å². The summed E-state index contributed by atoms with van der Waals surface area (Å²) in [6.07, 6.45) is -4.17. The average molecular weight is 715 g/mol. The van der Waals surface area contributed by atoms with Crippen LogP contribution in [0, 0.1) is 6.92 Å². The van der Waals surface area contributed by atoms with Crippen molar-refractivity contribution in [2.45, 2.75) is 31.2 Å². The maximum absolute atomic E-state index is 13.6. The quantitative estimate of drug-likeness (QED) is 0.146. The molecule has 0 aliphatic carbocycles. The van der Waals surface area contributed by atoms with Crippen molar-refractivity contribution in [3.05, 3.63) is 84.5 Å². The predicted molar refractivity (Wildman–Crippen MR) is 160 cm³/mol. The summed E-state index contributed by atoms with van der Waals surface area (Å²) in [7, 11) is 2.92. The minimum absolute atomic E-state index is 0.0573. The lowest BCUT2D eigenvalue weighted by molar-refractivity contribution is -0.137. The number of alkyl halides is 3. The number of aromatic nitrogens is 2. The number of aryl methyl sites for hydroxylation is 2. The number of methoxy groups -OCH3 is 2. The Bertz CT molecular complexity index is 1640. The molecule has 0 aliphatic rings. The third-order valence-electron chi connectivity index (χ3n) is 6.11. The van der Waals surface area contributed by atoms with Gasteiger partial charge in [-0.3, -0.25) is 14.2 Å². The van der Waals surface area contributed by atoms with Gasteiger partial charge >= 0.3 is 6.18 Å². The van der Waals surface area contributed by atoms with E-state index in [-0.39, 0.29) is 40.7 Å². The van der Waals surface area contributed by atoms with Gasteiger partial charge in [0.05, 0.1) is 42.1 Å². The molecular formula is C28H24Br2F3N3O4S. The molecule has 0 radical (unpaired) electrons. The number of amides is 1. The van der Waals surface area contributed by atoms with Gasteiger partial charge in [0.15, 0.2) is 16.7 Å². The number of hydrogen-bond acceptors (Lipinski definition) is 6. The molecule has 0 saturated carbocycles. The molecule has 0 fully saturated rings. The van der Waals surface area contributed by atoms with Crippen LogP contribution in [0.3, 0.4) is 0 Å². The summed E-state index contributed by atoms with van der Waals surface area (Å²) in [6.45, 7) is 2.05. The number of halogens is 5. The van der Waals surface area contributed by atoms with Gasteiger partial charge in [0.1, 0.15) is 0 Å². The van der Waals surface area contributed by atoms with Crippen LogP contribution >= 0.6 is 43.6 Å². The van der Waals surface area contributed by atoms with Crippen LogP contribution in [0.5, 0.6) is 11.5 Å². The molecule has 0 atom stereocenters. The Labute approximate surface area is 254 Å². The first kappa shape index (κ1) is 30.9. The Balaban J connectivity index is 1.65. The number of carbonyl (C=O) groups excluding carboxylic acids is 1. The van der Waals surface area contributed by atoms with Gasteiger partial charge in [-0.2, -0.15) is 13.2 Å². The zero-order valence-corrected chi connectivity index (χ0v) is 26.1. The summed E-state index contributed by atoms with van der Waals surface area (Å²) in [5, 5.41) is 3.41. The highest BCUT2D eigenvalue weighted by atomic mass is 79.9. The van der Waals surface area contributed by atoms with Crippen LogP contribution in [0.1, 0.15) is 16.7 Å². The molecule has 0 saturated heterocycles. The number of fused-ring (bicyclic) bond motifs is 1. The Hall–Kier alpha value is -3.03. The number of hydrogen-bond donors (Lipinski definition) is 1. The molecule has 0 unspecified atom stereocenters. The third kappa shape index (κ3) is 7.25. The van der Waals surface area contributed by atoms with Crippen LogP contribution in [0.4, 0.5) is 18.9 Å². The van der Waals surface area contributed by atoms with E-state index in [1.165, 1.54) is 37.0 Å². The van der Waals surface area contributed by atoms with Gasteiger partial charge in [-0.05, 0) is 86.7 Å². The molecule has 4 rings (SSSR count). The lowest BCUT2D eigenvalue weighted by Gasteiger charge is -2.15. The first-order valence-corrected chi connectivity index (χ1v) is 14.7. The van der Waals surface area contributed by atoms with Gasteiger partial charge in [-0.15, -0.1) is 0 Å². The van der Waals surface area contributed by atoms with Crippen LogP contribution in [-0.4, -0.2) is 35.4 Å². The van der Waals surface area contributed by atoms with Crippen LogP contribution in [0.2, 0.25) is 0 Å². The Morgan fingerprint density at radius 2 is 1.63 bits per heavy atom. The molecule has 3 aromatic carbocycles. The fraction of sp³-hybridized carbons (Fsp3) is 0.250. The Kier molecular flexibility index (Phi) is 9.70. The predicted octanol–water partition coefficient (Wildman–Crippen LogP) is 7.24. The lowest BCUT2D eigenvalue weighted by atomic mass is 10.1. The van der Waals surface area contributed by atoms with Crippen molar-refractivity contribution in [1.82, 2.24) is 9.55 Å². The second kappa shape index (κ2) is 12.9. The van der Waals surface area contributed by atoms with Crippen molar-refractivity contribution in [2.75, 3.05) is 25.3 Å². The molecule has 4 aromatic rings. The van der Waals surface area contributed by atoms with E-state index in [0.29, 0.717) is 37.2 Å². The molecule has 13 heteroatoms. The normalized spacial score (nSPS) is 11.5. The minimum atomic E-state index is -4.44. The number of benzene rings is 3. The lowest BCUT2D eigenvalue weighted by Crippen LogP contribution is -2.25. The number of ether oxygens (including phenoxy) is 2. The topological polar surface area (TPSA) is 82.5 Å². The SMILES string of the molecule is COc1cc2nc(SCC(=O)Nc3c(Br)cc(C)cc3Br)n(CCc3ccc(C(F)(F)F)cc3)c(=O)c2cc1OC. The van der Waals surface area contributed by atoms with E-state index in [1.807, 2.05) is 19.1 Å². The Morgan fingerprint density at radius 3 is 2.22 bits per heavy atom. The zero-order valence-electron chi connectivity index (χ0n) is 22.1. The summed E-state index contributed by atoms with van der Waals surface area (Å²) < 4.78 is 52.5. The highest BCUT2D eigenvalue weighted by Crippen LogP contribution is 2.34. The molecule has 1 aromatic heterocycles. The molecule has 0 aliphatic heterocycles. The van der Waals surface area contributed by atoms with Gasteiger partial charge in [-0.1, -0.05) is 23.9 Å². The van der Waals surface area contributed by atoms with E-state index < -0.39 is 11.7 Å². The van der Waals surface area contributed by atoms with Crippen LogP contribution in [-0.2, 0) is 23.9 Å². The van der Waals surface area contributed by atoms with Crippen LogP contribution in [0.15, 0.2) is 67.4 Å². The maximum Gasteiger partial charge on any atom is 0.416 e. The number of anilines is 1. The zero-order chi connectivity index (χ0) is 29.9. The Morgan fingerprint density at radius 1 is 1.02 bits per heavy atom. The third-order valence-corrected chi connectivity index (χ3v) is 8.34. The van der Waals surface area contributed by atoms with Crippen molar-refractivity contribution < 1.29 is 27.4 Å². The van der Waals surface area contributed by atoms with Gasteiger partial charge in [-0.25, -0.2) is 4.98 Å². The van der Waals surface area contributed by atoms with Gasteiger partial charge < -0.3 is 14.8 Å². The highest BCUT2D eigenvalue weighted by molar-refractivity contribution is 9.11. The monoisotopic (exact) mass is 713 g/mol. The number of carbonyl (C=O) groups is 1. The van der Waals surface area contributed by atoms with E-state index >= 15 is 0 Å². The molecular weight excluding hydrogens is 691 g/mol. The molecule has 41 heavy (non-hydrogen) atoms. The molecule has 1 N–H and O–H groups in total. The molecule has 1 amide bonds. The van der Waals surface area contributed by atoms with Crippen molar-refractivity contribution in [2.24, 2.45) is 0 Å². The summed E-state index contributed by atoms with van der Waals surface area (Å²) >= 11 is 7.99. The van der Waals surface area contributed by atoms with E-state index in [9.17, 15) is 22.8 Å². The number of thioether (sulfide) groups is 1. The largest absolute Gasteiger partial charge is 0.493 e.